The van der Waals surface area contributed by atoms with Crippen molar-refractivity contribution in [2.45, 2.75) is 37.4 Å². The summed E-state index contributed by atoms with van der Waals surface area (Å²) in [4.78, 5) is 2.34. The molecule has 0 bridgehead atoms. The standard InChI is InChI=1S/C28H34N2O4S/c1-21-17-30(22(2)20-31)35(32,33)28-15-14-25(24-12-8-5-9-13-24)16-26(28)34-27(21)19-29(3)18-23-10-6-4-7-11-23/h4-16,21-22,27,31H,17-20H2,1-3H3/t21-,22-,27-/m0/s1. The quantitative estimate of drug-likeness (QED) is 0.532. The summed E-state index contributed by atoms with van der Waals surface area (Å²) in [5.41, 5.74) is 3.09. The molecule has 4 rings (SSSR count). The minimum atomic E-state index is -3.85. The van der Waals surface area contributed by atoms with Crippen LogP contribution in [0.4, 0.5) is 0 Å². The number of likely N-dealkylation sites (N-methyl/N-ethyl adjacent to an activating group) is 1. The van der Waals surface area contributed by atoms with Crippen molar-refractivity contribution in [1.29, 1.82) is 0 Å². The molecule has 7 heteroatoms. The first-order chi connectivity index (χ1) is 16.8. The van der Waals surface area contributed by atoms with Crippen LogP contribution in [0.2, 0.25) is 0 Å². The lowest BCUT2D eigenvalue weighted by molar-refractivity contribution is 0.0734. The number of rotatable bonds is 7. The number of ether oxygens (including phenoxy) is 1. The van der Waals surface area contributed by atoms with Gasteiger partial charge in [-0.25, -0.2) is 8.42 Å². The third kappa shape index (κ3) is 5.76. The molecule has 186 valence electrons. The second-order valence-electron chi connectivity index (χ2n) is 9.45. The molecule has 0 aromatic heterocycles. The van der Waals surface area contributed by atoms with E-state index in [2.05, 4.69) is 17.0 Å². The molecule has 35 heavy (non-hydrogen) atoms. The van der Waals surface area contributed by atoms with Gasteiger partial charge in [0.1, 0.15) is 16.7 Å². The van der Waals surface area contributed by atoms with Crippen LogP contribution in [-0.4, -0.2) is 61.6 Å². The molecule has 0 fully saturated rings. The Bertz CT molecular complexity index is 1220. The minimum Gasteiger partial charge on any atom is -0.487 e. The van der Waals surface area contributed by atoms with Gasteiger partial charge in [0.05, 0.1) is 6.61 Å². The van der Waals surface area contributed by atoms with E-state index < -0.39 is 16.1 Å². The van der Waals surface area contributed by atoms with Crippen LogP contribution in [0.5, 0.6) is 5.75 Å². The molecule has 1 aliphatic rings. The summed E-state index contributed by atoms with van der Waals surface area (Å²) in [7, 11) is -1.80. The molecule has 0 saturated carbocycles. The van der Waals surface area contributed by atoms with Crippen molar-refractivity contribution in [1.82, 2.24) is 9.21 Å². The number of hydrogen-bond acceptors (Lipinski definition) is 5. The monoisotopic (exact) mass is 494 g/mol. The average molecular weight is 495 g/mol. The predicted molar refractivity (Wildman–Crippen MR) is 139 cm³/mol. The van der Waals surface area contributed by atoms with Gasteiger partial charge in [-0.1, -0.05) is 73.7 Å². The van der Waals surface area contributed by atoms with Crippen LogP contribution < -0.4 is 4.74 Å². The maximum absolute atomic E-state index is 13.7. The van der Waals surface area contributed by atoms with Gasteiger partial charge in [-0.2, -0.15) is 4.31 Å². The van der Waals surface area contributed by atoms with E-state index in [0.29, 0.717) is 12.3 Å². The van der Waals surface area contributed by atoms with Crippen molar-refractivity contribution in [3.63, 3.8) is 0 Å². The van der Waals surface area contributed by atoms with Crippen molar-refractivity contribution >= 4 is 10.0 Å². The van der Waals surface area contributed by atoms with Gasteiger partial charge in [0.25, 0.3) is 0 Å². The fourth-order valence-corrected chi connectivity index (χ4v) is 6.35. The van der Waals surface area contributed by atoms with Crippen LogP contribution in [0.15, 0.2) is 83.8 Å². The zero-order valence-electron chi connectivity index (χ0n) is 20.5. The number of fused-ring (bicyclic) bond motifs is 1. The first-order valence-electron chi connectivity index (χ1n) is 12.0. The number of hydrogen-bond donors (Lipinski definition) is 1. The Hall–Kier alpha value is -2.71. The van der Waals surface area contributed by atoms with Gasteiger partial charge in [-0.05, 0) is 42.8 Å². The SMILES string of the molecule is C[C@H]1CN([C@@H](C)CO)S(=O)(=O)c2ccc(-c3ccccc3)cc2O[C@H]1CN(C)Cc1ccccc1. The minimum absolute atomic E-state index is 0.0921. The Balaban J connectivity index is 1.72. The summed E-state index contributed by atoms with van der Waals surface area (Å²) >= 11 is 0. The molecule has 3 atom stereocenters. The maximum atomic E-state index is 13.7. The van der Waals surface area contributed by atoms with E-state index in [-0.39, 0.29) is 30.1 Å². The van der Waals surface area contributed by atoms with Gasteiger partial charge >= 0.3 is 0 Å². The van der Waals surface area contributed by atoms with E-state index in [0.717, 1.165) is 17.7 Å². The van der Waals surface area contributed by atoms with Crippen molar-refractivity contribution in [3.05, 3.63) is 84.4 Å². The average Bonchev–Trinajstić information content (AvgIpc) is 2.86. The third-order valence-electron chi connectivity index (χ3n) is 6.56. The lowest BCUT2D eigenvalue weighted by atomic mass is 10.0. The zero-order valence-corrected chi connectivity index (χ0v) is 21.4. The Labute approximate surface area is 208 Å². The predicted octanol–water partition coefficient (Wildman–Crippen LogP) is 4.25. The summed E-state index contributed by atoms with van der Waals surface area (Å²) in [5.74, 6) is 0.261. The lowest BCUT2D eigenvalue weighted by Gasteiger charge is -2.37. The molecular formula is C28H34N2O4S. The summed E-state index contributed by atoms with van der Waals surface area (Å²) in [6, 6.07) is 24.8. The molecule has 0 spiro atoms. The smallest absolute Gasteiger partial charge is 0.247 e. The fraction of sp³-hybridized carbons (Fsp3) is 0.357. The largest absolute Gasteiger partial charge is 0.487 e. The van der Waals surface area contributed by atoms with E-state index in [1.165, 1.54) is 9.87 Å². The second kappa shape index (κ2) is 10.9. The normalized spacial score (nSPS) is 20.9. The van der Waals surface area contributed by atoms with Crippen LogP contribution >= 0.6 is 0 Å². The van der Waals surface area contributed by atoms with Crippen LogP contribution in [0.1, 0.15) is 19.4 Å². The molecule has 1 heterocycles. The van der Waals surface area contributed by atoms with E-state index >= 15 is 0 Å². The highest BCUT2D eigenvalue weighted by Crippen LogP contribution is 2.36. The number of nitrogens with zero attached hydrogens (tertiary/aromatic N) is 2. The maximum Gasteiger partial charge on any atom is 0.247 e. The summed E-state index contributed by atoms with van der Waals surface area (Å²) in [6.45, 7) is 5.17. The van der Waals surface area contributed by atoms with E-state index in [1.54, 1.807) is 13.0 Å². The van der Waals surface area contributed by atoms with Gasteiger partial charge in [0.2, 0.25) is 10.0 Å². The molecule has 3 aromatic carbocycles. The van der Waals surface area contributed by atoms with Gasteiger partial charge in [0.15, 0.2) is 0 Å². The summed E-state index contributed by atoms with van der Waals surface area (Å²) in [5, 5.41) is 9.84. The Morgan fingerprint density at radius 2 is 1.69 bits per heavy atom. The van der Waals surface area contributed by atoms with E-state index in [1.807, 2.05) is 74.6 Å². The van der Waals surface area contributed by atoms with E-state index in [9.17, 15) is 13.5 Å². The highest BCUT2D eigenvalue weighted by atomic mass is 32.2. The van der Waals surface area contributed by atoms with Gasteiger partial charge in [-0.3, -0.25) is 4.90 Å². The highest BCUT2D eigenvalue weighted by Gasteiger charge is 2.38. The number of aliphatic hydroxyl groups is 1. The number of aliphatic hydroxyl groups excluding tert-OH is 1. The third-order valence-corrected chi connectivity index (χ3v) is 8.58. The Kier molecular flexibility index (Phi) is 7.91. The molecular weight excluding hydrogens is 460 g/mol. The number of benzene rings is 3. The highest BCUT2D eigenvalue weighted by molar-refractivity contribution is 7.89. The molecule has 0 amide bonds. The van der Waals surface area contributed by atoms with E-state index in [4.69, 9.17) is 4.74 Å². The molecule has 3 aromatic rings. The van der Waals surface area contributed by atoms with Gasteiger partial charge in [-0.15, -0.1) is 0 Å². The molecule has 1 aliphatic heterocycles. The Morgan fingerprint density at radius 1 is 1.03 bits per heavy atom. The van der Waals surface area contributed by atoms with Crippen molar-refractivity contribution in [2.75, 3.05) is 26.7 Å². The van der Waals surface area contributed by atoms with Crippen molar-refractivity contribution < 1.29 is 18.3 Å². The van der Waals surface area contributed by atoms with Gasteiger partial charge < -0.3 is 9.84 Å². The molecule has 0 aliphatic carbocycles. The topological polar surface area (TPSA) is 70.1 Å². The van der Waals surface area contributed by atoms with Crippen molar-refractivity contribution in [2.24, 2.45) is 5.92 Å². The van der Waals surface area contributed by atoms with Gasteiger partial charge in [0, 0.05) is 31.6 Å². The molecule has 0 radical (unpaired) electrons. The zero-order chi connectivity index (χ0) is 25.0. The van der Waals surface area contributed by atoms with Crippen molar-refractivity contribution in [3.8, 4) is 16.9 Å². The fourth-order valence-electron chi connectivity index (χ4n) is 4.52. The van der Waals surface area contributed by atoms with Crippen LogP contribution in [-0.2, 0) is 16.6 Å². The first-order valence-corrected chi connectivity index (χ1v) is 13.4. The molecule has 0 unspecified atom stereocenters. The second-order valence-corrected chi connectivity index (χ2v) is 11.3. The first kappa shape index (κ1) is 25.4. The Morgan fingerprint density at radius 3 is 2.34 bits per heavy atom. The lowest BCUT2D eigenvalue weighted by Crippen LogP contribution is -2.49. The van der Waals surface area contributed by atoms with Crippen LogP contribution in [0, 0.1) is 5.92 Å². The molecule has 1 N–H and O–H groups in total. The number of sulfonamides is 1. The van der Waals surface area contributed by atoms with Crippen LogP contribution in [0.25, 0.3) is 11.1 Å². The van der Waals surface area contributed by atoms with Crippen LogP contribution in [0.3, 0.4) is 0 Å². The summed E-state index contributed by atoms with van der Waals surface area (Å²) in [6.07, 6.45) is -0.239. The summed E-state index contributed by atoms with van der Waals surface area (Å²) < 4.78 is 35.3. The molecule has 0 saturated heterocycles. The molecule has 6 nitrogen and oxygen atoms in total.